The average molecular weight is 238 g/mol. The van der Waals surface area contributed by atoms with Gasteiger partial charge in [0.05, 0.1) is 12.4 Å². The second-order valence-electron chi connectivity index (χ2n) is 3.06. The van der Waals surface area contributed by atoms with Crippen molar-refractivity contribution in [3.8, 4) is 11.6 Å². The van der Waals surface area contributed by atoms with Crippen LogP contribution in [0.2, 0.25) is 0 Å². The van der Waals surface area contributed by atoms with E-state index in [1.807, 2.05) is 0 Å². The van der Waals surface area contributed by atoms with E-state index in [9.17, 15) is 8.78 Å². The number of hydrazine groups is 1. The third-order valence-corrected chi connectivity index (χ3v) is 1.87. The third kappa shape index (κ3) is 2.64. The molecule has 0 aliphatic rings. The molecule has 0 radical (unpaired) electrons. The highest BCUT2D eigenvalue weighted by Gasteiger charge is 2.07. The van der Waals surface area contributed by atoms with E-state index in [1.165, 1.54) is 12.4 Å². The first-order valence-corrected chi connectivity index (χ1v) is 4.60. The minimum absolute atomic E-state index is 0.0472. The zero-order chi connectivity index (χ0) is 12.3. The van der Waals surface area contributed by atoms with Gasteiger partial charge in [0.2, 0.25) is 5.88 Å². The molecule has 0 aliphatic heterocycles. The van der Waals surface area contributed by atoms with Gasteiger partial charge in [-0.25, -0.2) is 14.6 Å². The number of ether oxygens (including phenoxy) is 1. The molecule has 7 heteroatoms. The van der Waals surface area contributed by atoms with E-state index in [0.29, 0.717) is 6.07 Å². The van der Waals surface area contributed by atoms with Crippen molar-refractivity contribution in [2.24, 2.45) is 5.84 Å². The number of hydrogen-bond donors (Lipinski definition) is 2. The minimum atomic E-state index is -0.821. The lowest BCUT2D eigenvalue weighted by Crippen LogP contribution is -2.09. The third-order valence-electron chi connectivity index (χ3n) is 1.87. The predicted molar refractivity (Wildman–Crippen MR) is 56.3 cm³/mol. The molecule has 0 saturated carbocycles. The normalized spacial score (nSPS) is 10.1. The van der Waals surface area contributed by atoms with Gasteiger partial charge in [-0.05, 0) is 12.1 Å². The maximum atomic E-state index is 13.3. The summed E-state index contributed by atoms with van der Waals surface area (Å²) in [6.07, 6.45) is 2.65. The molecule has 88 valence electrons. The highest BCUT2D eigenvalue weighted by atomic mass is 19.1. The maximum Gasteiger partial charge on any atom is 0.239 e. The van der Waals surface area contributed by atoms with Crippen LogP contribution in [-0.2, 0) is 0 Å². The molecule has 0 saturated heterocycles. The van der Waals surface area contributed by atoms with Gasteiger partial charge >= 0.3 is 0 Å². The highest BCUT2D eigenvalue weighted by Crippen LogP contribution is 2.23. The Bertz CT molecular complexity index is 535. The Morgan fingerprint density at radius 3 is 2.76 bits per heavy atom. The van der Waals surface area contributed by atoms with Gasteiger partial charge in [-0.2, -0.15) is 4.98 Å². The molecule has 2 rings (SSSR count). The summed E-state index contributed by atoms with van der Waals surface area (Å²) in [5.41, 5.74) is 2.27. The first kappa shape index (κ1) is 11.2. The van der Waals surface area contributed by atoms with E-state index in [0.717, 1.165) is 12.1 Å². The minimum Gasteiger partial charge on any atom is -0.434 e. The first-order chi connectivity index (χ1) is 8.19. The van der Waals surface area contributed by atoms with Crippen LogP contribution in [0.3, 0.4) is 0 Å². The summed E-state index contributed by atoms with van der Waals surface area (Å²) in [5, 5.41) is 0. The van der Waals surface area contributed by atoms with Crippen LogP contribution in [0.1, 0.15) is 0 Å². The molecule has 1 aromatic carbocycles. The quantitative estimate of drug-likeness (QED) is 0.630. The summed E-state index contributed by atoms with van der Waals surface area (Å²) < 4.78 is 31.0. The van der Waals surface area contributed by atoms with E-state index >= 15 is 0 Å². The van der Waals surface area contributed by atoms with Crippen molar-refractivity contribution in [2.75, 3.05) is 5.43 Å². The topological polar surface area (TPSA) is 73.1 Å². The molecule has 3 N–H and O–H groups in total. The van der Waals surface area contributed by atoms with Gasteiger partial charge in [-0.1, -0.05) is 0 Å². The standard InChI is InChI=1S/C10H8F2N4O/c11-6-1-2-8(7(12)3-6)17-10-5-14-4-9(15-10)16-13/h1-5H,13H2,(H,15,16). The van der Waals surface area contributed by atoms with Gasteiger partial charge in [0, 0.05) is 6.07 Å². The van der Waals surface area contributed by atoms with Crippen molar-refractivity contribution in [2.45, 2.75) is 0 Å². The van der Waals surface area contributed by atoms with E-state index < -0.39 is 11.6 Å². The summed E-state index contributed by atoms with van der Waals surface area (Å²) in [6, 6.07) is 2.96. The molecule has 0 bridgehead atoms. The Morgan fingerprint density at radius 2 is 2.06 bits per heavy atom. The van der Waals surface area contributed by atoms with Gasteiger partial charge in [-0.15, -0.1) is 0 Å². The van der Waals surface area contributed by atoms with Crippen molar-refractivity contribution >= 4 is 5.82 Å². The summed E-state index contributed by atoms with van der Waals surface area (Å²) in [6.45, 7) is 0. The average Bonchev–Trinajstić information content (AvgIpc) is 2.33. The Morgan fingerprint density at radius 1 is 1.24 bits per heavy atom. The number of nitrogen functional groups attached to an aromatic ring is 1. The number of rotatable bonds is 3. The molecule has 0 unspecified atom stereocenters. The fourth-order valence-electron chi connectivity index (χ4n) is 1.14. The lowest BCUT2D eigenvalue weighted by Gasteiger charge is -2.06. The second kappa shape index (κ2) is 4.71. The molecule has 0 aliphatic carbocycles. The lowest BCUT2D eigenvalue weighted by molar-refractivity contribution is 0.422. The van der Waals surface area contributed by atoms with Gasteiger partial charge in [-0.3, -0.25) is 4.98 Å². The van der Waals surface area contributed by atoms with E-state index in [2.05, 4.69) is 15.4 Å². The van der Waals surface area contributed by atoms with Crippen LogP contribution < -0.4 is 16.0 Å². The van der Waals surface area contributed by atoms with Gasteiger partial charge in [0.25, 0.3) is 0 Å². The molecule has 2 aromatic rings. The summed E-state index contributed by atoms with van der Waals surface area (Å²) >= 11 is 0. The van der Waals surface area contributed by atoms with Crippen molar-refractivity contribution in [1.29, 1.82) is 0 Å². The molecule has 17 heavy (non-hydrogen) atoms. The maximum absolute atomic E-state index is 13.3. The molecule has 1 heterocycles. The van der Waals surface area contributed by atoms with Crippen LogP contribution in [0.5, 0.6) is 11.6 Å². The number of nitrogens with two attached hydrogens (primary N) is 1. The fourth-order valence-corrected chi connectivity index (χ4v) is 1.14. The molecule has 0 spiro atoms. The van der Waals surface area contributed by atoms with E-state index in [4.69, 9.17) is 10.6 Å². The molecule has 1 aromatic heterocycles. The number of nitrogens with zero attached hydrogens (tertiary/aromatic N) is 2. The van der Waals surface area contributed by atoms with Crippen LogP contribution in [-0.4, -0.2) is 9.97 Å². The second-order valence-corrected chi connectivity index (χ2v) is 3.06. The summed E-state index contributed by atoms with van der Waals surface area (Å²) in [4.78, 5) is 7.64. The Labute approximate surface area is 95.2 Å². The molecule has 0 amide bonds. The number of benzene rings is 1. The van der Waals surface area contributed by atoms with Crippen molar-refractivity contribution in [3.63, 3.8) is 0 Å². The van der Waals surface area contributed by atoms with Crippen molar-refractivity contribution in [3.05, 3.63) is 42.2 Å². The van der Waals surface area contributed by atoms with Gasteiger partial charge in [0.15, 0.2) is 17.4 Å². The highest BCUT2D eigenvalue weighted by molar-refractivity contribution is 5.34. The predicted octanol–water partition coefficient (Wildman–Crippen LogP) is 1.83. The van der Waals surface area contributed by atoms with Crippen LogP contribution >= 0.6 is 0 Å². The number of halogens is 2. The van der Waals surface area contributed by atoms with Crippen LogP contribution in [0.15, 0.2) is 30.6 Å². The van der Waals surface area contributed by atoms with Crippen LogP contribution in [0, 0.1) is 11.6 Å². The monoisotopic (exact) mass is 238 g/mol. The number of aromatic nitrogens is 2. The molecular formula is C10H8F2N4O. The van der Waals surface area contributed by atoms with Crippen molar-refractivity contribution in [1.82, 2.24) is 9.97 Å². The number of nitrogens with one attached hydrogen (secondary N) is 1. The molecule has 0 fully saturated rings. The smallest absolute Gasteiger partial charge is 0.239 e. The Hall–Kier alpha value is -2.28. The van der Waals surface area contributed by atoms with Crippen molar-refractivity contribution < 1.29 is 13.5 Å². The lowest BCUT2D eigenvalue weighted by atomic mass is 10.3. The zero-order valence-electron chi connectivity index (χ0n) is 8.52. The number of hydrogen-bond acceptors (Lipinski definition) is 5. The fraction of sp³-hybridized carbons (Fsp3) is 0. The van der Waals surface area contributed by atoms with Crippen LogP contribution in [0.25, 0.3) is 0 Å². The van der Waals surface area contributed by atoms with Gasteiger partial charge in [0.1, 0.15) is 5.82 Å². The molecule has 5 nitrogen and oxygen atoms in total. The Kier molecular flexibility index (Phi) is 3.10. The SMILES string of the molecule is NNc1cncc(Oc2ccc(F)cc2F)n1. The van der Waals surface area contributed by atoms with Crippen LogP contribution in [0.4, 0.5) is 14.6 Å². The van der Waals surface area contributed by atoms with E-state index in [-0.39, 0.29) is 17.4 Å². The van der Waals surface area contributed by atoms with Gasteiger partial charge < -0.3 is 10.2 Å². The summed E-state index contributed by atoms with van der Waals surface area (Å²) in [5.74, 6) is 3.80. The zero-order valence-corrected chi connectivity index (χ0v) is 8.52. The largest absolute Gasteiger partial charge is 0.434 e. The molecule has 0 atom stereocenters. The molecular weight excluding hydrogens is 230 g/mol. The Balaban J connectivity index is 2.25. The van der Waals surface area contributed by atoms with E-state index in [1.54, 1.807) is 0 Å². The summed E-state index contributed by atoms with van der Waals surface area (Å²) in [7, 11) is 0. The first-order valence-electron chi connectivity index (χ1n) is 4.60. The number of anilines is 1.